The first-order valence-corrected chi connectivity index (χ1v) is 15.2. The van der Waals surface area contributed by atoms with Crippen LogP contribution >= 0.6 is 30.5 Å². The van der Waals surface area contributed by atoms with E-state index in [0.29, 0.717) is 29.6 Å². The van der Waals surface area contributed by atoms with Gasteiger partial charge in [0.2, 0.25) is 0 Å². The highest BCUT2D eigenvalue weighted by atomic mass is 32.1. The standard InChI is InChI=1S/C24H25N8O5PS2/c1-15-3-2-4-17(9-15)30-23(33)31-24-26-12-18(39-24)5-6-25-22-21-19(27-14-28-22)10-20(40-21)16-11-29-32(13-16)7-8-37-38(34,35)36/h2-4,9-14H,5-8H2,1H3,(H,25,27,28)(H2,34,35,36)(H2,26,30,31,33). The summed E-state index contributed by atoms with van der Waals surface area (Å²) in [5, 5.41) is 13.7. The summed E-state index contributed by atoms with van der Waals surface area (Å²) in [5.74, 6) is 0.712. The van der Waals surface area contributed by atoms with Gasteiger partial charge < -0.3 is 20.4 Å². The SMILES string of the molecule is Cc1cccc(NC(=O)Nc2ncc(CCNc3ncnc4cc(-c5cnn(CCOP(=O)(O)O)c5)sc34)s2)c1. The van der Waals surface area contributed by atoms with Crippen molar-refractivity contribution in [1.29, 1.82) is 0 Å². The minimum Gasteiger partial charge on any atom is -0.368 e. The predicted molar refractivity (Wildman–Crippen MR) is 155 cm³/mol. The molecule has 0 spiro atoms. The molecular formula is C24H25N8O5PS2. The van der Waals surface area contributed by atoms with Crippen molar-refractivity contribution in [2.75, 3.05) is 29.1 Å². The molecule has 5 aromatic rings. The normalized spacial score (nSPS) is 11.6. The summed E-state index contributed by atoms with van der Waals surface area (Å²) in [6.45, 7) is 2.61. The first-order valence-electron chi connectivity index (χ1n) is 12.0. The van der Waals surface area contributed by atoms with Crippen LogP contribution in [0.5, 0.6) is 0 Å². The molecule has 0 unspecified atom stereocenters. The minimum absolute atomic E-state index is 0.157. The molecule has 0 radical (unpaired) electrons. The van der Waals surface area contributed by atoms with Crippen LogP contribution in [0.1, 0.15) is 10.4 Å². The fourth-order valence-corrected chi connectivity index (χ4v) is 5.93. The van der Waals surface area contributed by atoms with Crippen LogP contribution in [0.15, 0.2) is 55.2 Å². The second-order valence-electron chi connectivity index (χ2n) is 8.62. The third kappa shape index (κ3) is 7.47. The quantitative estimate of drug-likeness (QED) is 0.133. The van der Waals surface area contributed by atoms with Crippen molar-refractivity contribution in [3.63, 3.8) is 0 Å². The van der Waals surface area contributed by atoms with E-state index in [-0.39, 0.29) is 19.2 Å². The van der Waals surface area contributed by atoms with Gasteiger partial charge >= 0.3 is 13.9 Å². The summed E-state index contributed by atoms with van der Waals surface area (Å²) in [6, 6.07) is 9.16. The van der Waals surface area contributed by atoms with E-state index in [4.69, 9.17) is 9.79 Å². The summed E-state index contributed by atoms with van der Waals surface area (Å²) < 4.78 is 17.8. The molecule has 5 rings (SSSR count). The Bertz CT molecular complexity index is 1680. The number of phosphoric acid groups is 1. The molecule has 40 heavy (non-hydrogen) atoms. The van der Waals surface area contributed by atoms with Crippen LogP contribution in [-0.4, -0.2) is 53.7 Å². The molecule has 4 heterocycles. The summed E-state index contributed by atoms with van der Waals surface area (Å²) in [5.41, 5.74) is 3.41. The Kier molecular flexibility index (Phi) is 8.49. The molecule has 0 saturated heterocycles. The zero-order valence-corrected chi connectivity index (χ0v) is 23.7. The summed E-state index contributed by atoms with van der Waals surface area (Å²) in [4.78, 5) is 44.9. The number of carbonyl (C=O) groups excluding carboxylic acids is 1. The van der Waals surface area contributed by atoms with Gasteiger partial charge in [0.05, 0.1) is 29.6 Å². The molecule has 0 aliphatic rings. The van der Waals surface area contributed by atoms with Gasteiger partial charge in [0.15, 0.2) is 5.13 Å². The Morgan fingerprint density at radius 2 is 2.00 bits per heavy atom. The smallest absolute Gasteiger partial charge is 0.368 e. The van der Waals surface area contributed by atoms with Crippen molar-refractivity contribution in [2.24, 2.45) is 0 Å². The molecule has 2 amide bonds. The number of phosphoric ester groups is 1. The van der Waals surface area contributed by atoms with Crippen LogP contribution in [0, 0.1) is 6.92 Å². The average Bonchev–Trinajstić information content (AvgIpc) is 3.63. The number of carbonyl (C=O) groups is 1. The van der Waals surface area contributed by atoms with Gasteiger partial charge in [-0.15, -0.1) is 22.7 Å². The number of hydrogen-bond donors (Lipinski definition) is 5. The number of thiophene rings is 1. The predicted octanol–water partition coefficient (Wildman–Crippen LogP) is 4.73. The molecule has 5 N–H and O–H groups in total. The van der Waals surface area contributed by atoms with Gasteiger partial charge in [0.1, 0.15) is 12.1 Å². The third-order valence-electron chi connectivity index (χ3n) is 5.52. The molecule has 0 fully saturated rings. The lowest BCUT2D eigenvalue weighted by molar-refractivity contribution is 0.188. The van der Waals surface area contributed by atoms with E-state index < -0.39 is 7.82 Å². The number of hydrogen-bond acceptors (Lipinski definition) is 10. The van der Waals surface area contributed by atoms with Crippen molar-refractivity contribution in [3.05, 3.63) is 65.7 Å². The number of urea groups is 1. The molecule has 0 bridgehead atoms. The number of aromatic nitrogens is 5. The van der Waals surface area contributed by atoms with E-state index in [0.717, 1.165) is 31.1 Å². The van der Waals surface area contributed by atoms with Crippen molar-refractivity contribution in [3.8, 4) is 10.4 Å². The minimum atomic E-state index is -4.51. The van der Waals surface area contributed by atoms with Gasteiger partial charge in [-0.3, -0.25) is 14.5 Å². The number of amides is 2. The fourth-order valence-electron chi connectivity index (χ4n) is 3.76. The highest BCUT2D eigenvalue weighted by Crippen LogP contribution is 2.36. The first kappa shape index (κ1) is 27.8. The Hall–Kier alpha value is -3.72. The Labute approximate surface area is 236 Å². The maximum absolute atomic E-state index is 12.3. The number of rotatable bonds is 11. The molecule has 4 aromatic heterocycles. The Morgan fingerprint density at radius 1 is 1.12 bits per heavy atom. The monoisotopic (exact) mass is 600 g/mol. The highest BCUT2D eigenvalue weighted by Gasteiger charge is 2.15. The van der Waals surface area contributed by atoms with Crippen molar-refractivity contribution < 1.29 is 23.7 Å². The fraction of sp³-hybridized carbons (Fsp3) is 0.208. The van der Waals surface area contributed by atoms with Crippen LogP contribution in [0.25, 0.3) is 20.7 Å². The van der Waals surface area contributed by atoms with Crippen LogP contribution in [0.2, 0.25) is 0 Å². The molecule has 1 aromatic carbocycles. The number of nitrogens with zero attached hydrogens (tertiary/aromatic N) is 5. The number of benzene rings is 1. The zero-order valence-electron chi connectivity index (χ0n) is 21.1. The Morgan fingerprint density at radius 3 is 2.83 bits per heavy atom. The molecule has 0 aliphatic carbocycles. The van der Waals surface area contributed by atoms with Gasteiger partial charge in [-0.05, 0) is 30.7 Å². The summed E-state index contributed by atoms with van der Waals surface area (Å²) in [6.07, 6.45) is 7.40. The van der Waals surface area contributed by atoms with Crippen molar-refractivity contribution >= 4 is 63.4 Å². The molecule has 0 saturated carbocycles. The maximum Gasteiger partial charge on any atom is 0.469 e. The first-order chi connectivity index (χ1) is 19.2. The number of anilines is 3. The van der Waals surface area contributed by atoms with Gasteiger partial charge in [-0.2, -0.15) is 5.10 Å². The molecule has 208 valence electrons. The second kappa shape index (κ2) is 12.2. The Balaban J connectivity index is 1.16. The lowest BCUT2D eigenvalue weighted by Gasteiger charge is -2.06. The lowest BCUT2D eigenvalue weighted by Crippen LogP contribution is -2.19. The van der Waals surface area contributed by atoms with Gasteiger partial charge in [-0.1, -0.05) is 12.1 Å². The van der Waals surface area contributed by atoms with Crippen LogP contribution in [-0.2, 0) is 22.1 Å². The summed E-state index contributed by atoms with van der Waals surface area (Å²) >= 11 is 2.93. The van der Waals surface area contributed by atoms with Crippen LogP contribution in [0.3, 0.4) is 0 Å². The number of aryl methyl sites for hydroxylation is 1. The second-order valence-corrected chi connectivity index (χ2v) is 12.0. The average molecular weight is 601 g/mol. The van der Waals surface area contributed by atoms with Crippen molar-refractivity contribution in [1.82, 2.24) is 24.7 Å². The molecular weight excluding hydrogens is 575 g/mol. The van der Waals surface area contributed by atoms with Crippen LogP contribution < -0.4 is 16.0 Å². The van der Waals surface area contributed by atoms with Crippen molar-refractivity contribution in [2.45, 2.75) is 19.9 Å². The van der Waals surface area contributed by atoms with E-state index in [1.165, 1.54) is 29.0 Å². The van der Waals surface area contributed by atoms with Gasteiger partial charge in [0, 0.05) is 46.4 Å². The number of fused-ring (bicyclic) bond motifs is 1. The zero-order chi connectivity index (χ0) is 28.1. The largest absolute Gasteiger partial charge is 0.469 e. The molecule has 0 atom stereocenters. The van der Waals surface area contributed by atoms with Gasteiger partial charge in [0.25, 0.3) is 0 Å². The van der Waals surface area contributed by atoms with E-state index in [9.17, 15) is 9.36 Å². The van der Waals surface area contributed by atoms with E-state index in [1.54, 1.807) is 23.3 Å². The van der Waals surface area contributed by atoms with E-state index in [2.05, 4.69) is 40.5 Å². The number of thiazole rings is 1. The lowest BCUT2D eigenvalue weighted by atomic mass is 10.2. The summed E-state index contributed by atoms with van der Waals surface area (Å²) in [7, 11) is -4.51. The molecule has 0 aliphatic heterocycles. The molecule has 16 heteroatoms. The third-order valence-corrected chi connectivity index (χ3v) is 8.19. The highest BCUT2D eigenvalue weighted by molar-refractivity contribution is 7.46. The molecule has 13 nitrogen and oxygen atoms in total. The number of nitrogens with one attached hydrogen (secondary N) is 3. The van der Waals surface area contributed by atoms with Crippen LogP contribution in [0.4, 0.5) is 21.4 Å². The maximum atomic E-state index is 12.3. The van der Waals surface area contributed by atoms with E-state index >= 15 is 0 Å². The van der Waals surface area contributed by atoms with Gasteiger partial charge in [-0.25, -0.2) is 24.3 Å². The topological polar surface area (TPSA) is 176 Å². The van der Waals surface area contributed by atoms with E-state index in [1.807, 2.05) is 37.3 Å².